The predicted molar refractivity (Wildman–Crippen MR) is 82.6 cm³/mol. The zero-order valence-corrected chi connectivity index (χ0v) is 12.8. The molecule has 0 aromatic heterocycles. The number of amides is 1. The van der Waals surface area contributed by atoms with E-state index in [4.69, 9.17) is 0 Å². The van der Waals surface area contributed by atoms with Crippen molar-refractivity contribution in [2.75, 3.05) is 17.2 Å². The van der Waals surface area contributed by atoms with Crippen molar-refractivity contribution in [1.29, 1.82) is 0 Å². The van der Waals surface area contributed by atoms with Crippen LogP contribution in [0.15, 0.2) is 18.2 Å². The first-order valence-electron chi connectivity index (χ1n) is 6.74. The van der Waals surface area contributed by atoms with Gasteiger partial charge in [0.2, 0.25) is 5.91 Å². The SMILES string of the molecule is CC(=O)SCC1CC(=O)N(c2ccc([N+](=O)[O-])cc2CO)C1. The van der Waals surface area contributed by atoms with Gasteiger partial charge >= 0.3 is 0 Å². The molecule has 1 heterocycles. The van der Waals surface area contributed by atoms with Crippen LogP contribution in [-0.2, 0) is 16.2 Å². The lowest BCUT2D eigenvalue weighted by Gasteiger charge is -2.19. The minimum absolute atomic E-state index is 0.0114. The van der Waals surface area contributed by atoms with Crippen LogP contribution in [0.5, 0.6) is 0 Å². The summed E-state index contributed by atoms with van der Waals surface area (Å²) in [5.74, 6) is 0.528. The molecule has 1 amide bonds. The number of thioether (sulfide) groups is 1. The number of benzene rings is 1. The van der Waals surface area contributed by atoms with Crippen molar-refractivity contribution in [3.8, 4) is 0 Å². The molecule has 0 saturated carbocycles. The van der Waals surface area contributed by atoms with Crippen molar-refractivity contribution in [1.82, 2.24) is 0 Å². The van der Waals surface area contributed by atoms with Gasteiger partial charge in [0.25, 0.3) is 5.69 Å². The molecule has 0 aliphatic carbocycles. The Morgan fingerprint density at radius 3 is 2.86 bits per heavy atom. The highest BCUT2D eigenvalue weighted by molar-refractivity contribution is 8.13. The van der Waals surface area contributed by atoms with Crippen LogP contribution in [0.1, 0.15) is 18.9 Å². The summed E-state index contributed by atoms with van der Waals surface area (Å²) >= 11 is 1.19. The van der Waals surface area contributed by atoms with Gasteiger partial charge in [-0.1, -0.05) is 11.8 Å². The van der Waals surface area contributed by atoms with E-state index in [0.717, 1.165) is 0 Å². The third-order valence-electron chi connectivity index (χ3n) is 3.46. The maximum absolute atomic E-state index is 12.1. The van der Waals surface area contributed by atoms with E-state index in [2.05, 4.69) is 0 Å². The molecular formula is C14H16N2O5S. The Hall–Kier alpha value is -1.93. The summed E-state index contributed by atoms with van der Waals surface area (Å²) in [6.45, 7) is 1.55. The third-order valence-corrected chi connectivity index (χ3v) is 4.51. The molecule has 7 nitrogen and oxygen atoms in total. The monoisotopic (exact) mass is 324 g/mol. The zero-order chi connectivity index (χ0) is 16.3. The first-order valence-corrected chi connectivity index (χ1v) is 7.72. The first-order chi connectivity index (χ1) is 10.4. The Bertz CT molecular complexity index is 619. The molecule has 1 aromatic rings. The summed E-state index contributed by atoms with van der Waals surface area (Å²) in [5, 5.41) is 20.2. The number of aliphatic hydroxyl groups excluding tert-OH is 1. The van der Waals surface area contributed by atoms with E-state index in [1.807, 2.05) is 0 Å². The van der Waals surface area contributed by atoms with Crippen molar-refractivity contribution < 1.29 is 19.6 Å². The third kappa shape index (κ3) is 3.63. The summed E-state index contributed by atoms with van der Waals surface area (Å²) in [5.41, 5.74) is 0.721. The van der Waals surface area contributed by atoms with Crippen LogP contribution in [0.2, 0.25) is 0 Å². The molecule has 8 heteroatoms. The van der Waals surface area contributed by atoms with Gasteiger partial charge in [0.1, 0.15) is 0 Å². The fourth-order valence-electron chi connectivity index (χ4n) is 2.44. The molecule has 2 rings (SSSR count). The number of carbonyl (C=O) groups is 2. The molecule has 0 spiro atoms. The van der Waals surface area contributed by atoms with E-state index in [9.17, 15) is 24.8 Å². The van der Waals surface area contributed by atoms with Crippen molar-refractivity contribution >= 4 is 34.2 Å². The standard InChI is InChI=1S/C14H16N2O5S/c1-9(18)22-8-10-4-14(19)15(6-10)13-3-2-12(16(20)21)5-11(13)7-17/h2-3,5,10,17H,4,6-8H2,1H3. The second-order valence-corrected chi connectivity index (χ2v) is 6.30. The Morgan fingerprint density at radius 2 is 2.27 bits per heavy atom. The average molecular weight is 324 g/mol. The molecule has 1 unspecified atom stereocenters. The normalized spacial score (nSPS) is 17.8. The van der Waals surface area contributed by atoms with Crippen molar-refractivity contribution in [2.24, 2.45) is 5.92 Å². The van der Waals surface area contributed by atoms with Crippen LogP contribution < -0.4 is 4.90 Å². The molecule has 1 saturated heterocycles. The molecule has 1 N–H and O–H groups in total. The van der Waals surface area contributed by atoms with Crippen molar-refractivity contribution in [3.63, 3.8) is 0 Å². The van der Waals surface area contributed by atoms with Gasteiger partial charge in [-0.05, 0) is 12.0 Å². The van der Waals surface area contributed by atoms with E-state index in [1.165, 1.54) is 41.8 Å². The number of rotatable bonds is 5. The van der Waals surface area contributed by atoms with Gasteiger partial charge in [-0.15, -0.1) is 0 Å². The van der Waals surface area contributed by atoms with E-state index < -0.39 is 4.92 Å². The second-order valence-electron chi connectivity index (χ2n) is 5.11. The fraction of sp³-hybridized carbons (Fsp3) is 0.429. The summed E-state index contributed by atoms with van der Waals surface area (Å²) in [6, 6.07) is 4.09. The summed E-state index contributed by atoms with van der Waals surface area (Å²) < 4.78 is 0. The minimum atomic E-state index is -0.541. The van der Waals surface area contributed by atoms with E-state index >= 15 is 0 Å². The number of nitrogens with zero attached hydrogens (tertiary/aromatic N) is 2. The topological polar surface area (TPSA) is 101 Å². The Balaban J connectivity index is 2.19. The van der Waals surface area contributed by atoms with Gasteiger partial charge in [0.05, 0.1) is 11.5 Å². The lowest BCUT2D eigenvalue weighted by Crippen LogP contribution is -2.26. The van der Waals surface area contributed by atoms with E-state index in [0.29, 0.717) is 30.0 Å². The highest BCUT2D eigenvalue weighted by Gasteiger charge is 2.32. The van der Waals surface area contributed by atoms with Crippen LogP contribution in [0.3, 0.4) is 0 Å². The number of hydrogen-bond acceptors (Lipinski definition) is 6. The number of non-ortho nitro benzene ring substituents is 1. The molecule has 1 aliphatic rings. The van der Waals surface area contributed by atoms with Crippen molar-refractivity contribution in [2.45, 2.75) is 20.0 Å². The zero-order valence-electron chi connectivity index (χ0n) is 12.0. The number of hydrogen-bond donors (Lipinski definition) is 1. The smallest absolute Gasteiger partial charge is 0.269 e. The predicted octanol–water partition coefficient (Wildman–Crippen LogP) is 1.72. The highest BCUT2D eigenvalue weighted by Crippen LogP contribution is 2.32. The Kier molecular flexibility index (Phi) is 5.15. The largest absolute Gasteiger partial charge is 0.392 e. The minimum Gasteiger partial charge on any atom is -0.392 e. The molecule has 0 bridgehead atoms. The van der Waals surface area contributed by atoms with E-state index in [1.54, 1.807) is 0 Å². The molecule has 1 fully saturated rings. The summed E-state index contributed by atoms with van der Waals surface area (Å²) in [4.78, 5) is 34.9. The molecule has 118 valence electrons. The van der Waals surface area contributed by atoms with E-state index in [-0.39, 0.29) is 29.2 Å². The lowest BCUT2D eigenvalue weighted by molar-refractivity contribution is -0.384. The molecule has 1 aliphatic heterocycles. The summed E-state index contributed by atoms with van der Waals surface area (Å²) in [7, 11) is 0. The second kappa shape index (κ2) is 6.89. The Labute approximate surface area is 131 Å². The maximum Gasteiger partial charge on any atom is 0.269 e. The number of nitro groups is 1. The lowest BCUT2D eigenvalue weighted by atomic mass is 10.1. The van der Waals surface area contributed by atoms with Gasteiger partial charge in [0.15, 0.2) is 5.12 Å². The van der Waals surface area contributed by atoms with Crippen LogP contribution in [0, 0.1) is 16.0 Å². The van der Waals surface area contributed by atoms with Gasteiger partial charge in [-0.2, -0.15) is 0 Å². The quantitative estimate of drug-likeness (QED) is 0.654. The molecular weight excluding hydrogens is 308 g/mol. The van der Waals surface area contributed by atoms with Crippen molar-refractivity contribution in [3.05, 3.63) is 33.9 Å². The van der Waals surface area contributed by atoms with Crippen LogP contribution >= 0.6 is 11.8 Å². The molecule has 22 heavy (non-hydrogen) atoms. The number of nitro benzene ring substituents is 1. The van der Waals surface area contributed by atoms with Gasteiger partial charge in [-0.3, -0.25) is 19.7 Å². The molecule has 1 atom stereocenters. The first kappa shape index (κ1) is 16.4. The van der Waals surface area contributed by atoms with Crippen LogP contribution in [0.4, 0.5) is 11.4 Å². The van der Waals surface area contributed by atoms with Crippen LogP contribution in [-0.4, -0.2) is 33.3 Å². The average Bonchev–Trinajstić information content (AvgIpc) is 2.85. The fourth-order valence-corrected chi connectivity index (χ4v) is 3.13. The van der Waals surface area contributed by atoms with Crippen LogP contribution in [0.25, 0.3) is 0 Å². The number of anilines is 1. The highest BCUT2D eigenvalue weighted by atomic mass is 32.2. The molecule has 1 aromatic carbocycles. The van der Waals surface area contributed by atoms with Gasteiger partial charge in [-0.25, -0.2) is 0 Å². The number of carbonyl (C=O) groups excluding carboxylic acids is 2. The van der Waals surface area contributed by atoms with Gasteiger partial charge in [0, 0.05) is 49.0 Å². The summed E-state index contributed by atoms with van der Waals surface area (Å²) in [6.07, 6.45) is 0.335. The van der Waals surface area contributed by atoms with Gasteiger partial charge < -0.3 is 10.0 Å². The maximum atomic E-state index is 12.1. The number of aliphatic hydroxyl groups is 1. The Morgan fingerprint density at radius 1 is 1.55 bits per heavy atom. The molecule has 0 radical (unpaired) electrons.